The minimum Gasteiger partial charge on any atom is -0.447 e. The van der Waals surface area contributed by atoms with Gasteiger partial charge in [0.1, 0.15) is 6.61 Å². The number of carbonyl (C=O) groups is 2. The molecule has 6 heteroatoms. The van der Waals surface area contributed by atoms with Gasteiger partial charge >= 0.3 is 6.09 Å². The molecule has 0 aromatic heterocycles. The number of aliphatic hydroxyl groups excluding tert-OH is 1. The Morgan fingerprint density at radius 1 is 1.36 bits per heavy atom. The molecule has 0 spiro atoms. The summed E-state index contributed by atoms with van der Waals surface area (Å²) in [5.74, 6) is 1.38. The summed E-state index contributed by atoms with van der Waals surface area (Å²) in [6, 6.07) is 7.70. The van der Waals surface area contributed by atoms with E-state index in [0.29, 0.717) is 24.3 Å². The number of allylic oxidation sites excluding steroid dienone is 2. The number of amides is 2. The van der Waals surface area contributed by atoms with E-state index >= 15 is 0 Å². The standard InChI is InChI=1S/C19H22N2O4/c1-11(23)20-8-14-10-25-19(24)21(14)13-4-2-12(3-5-13)15-6-7-16-17(9-22)18(15)16/h2-6,14,16-18,22H,7-10H2,1H3,(H,20,23)/t14?,16-,17-,18-/m1/s1. The van der Waals surface area contributed by atoms with Crippen molar-refractivity contribution in [2.24, 2.45) is 17.8 Å². The lowest BCUT2D eigenvalue weighted by molar-refractivity contribution is -0.119. The fourth-order valence-corrected chi connectivity index (χ4v) is 4.19. The second kappa shape index (κ2) is 6.19. The third-order valence-electron chi connectivity index (χ3n) is 5.54. The van der Waals surface area contributed by atoms with E-state index < -0.39 is 0 Å². The number of fused-ring (bicyclic) bond motifs is 1. The molecule has 4 atom stereocenters. The molecule has 4 rings (SSSR count). The number of hydrogen-bond donors (Lipinski definition) is 2. The van der Waals surface area contributed by atoms with Gasteiger partial charge in [0.2, 0.25) is 5.91 Å². The highest BCUT2D eigenvalue weighted by Gasteiger charge is 2.53. The molecule has 1 aromatic rings. The first-order valence-electron chi connectivity index (χ1n) is 8.72. The van der Waals surface area contributed by atoms with Gasteiger partial charge in [0.05, 0.1) is 6.04 Å². The SMILES string of the molecule is CC(=O)NCC1COC(=O)N1c1ccc(C2=CC[C@@H]3[C@@H](CO)[C@H]23)cc1. The van der Waals surface area contributed by atoms with Crippen molar-refractivity contribution in [3.63, 3.8) is 0 Å². The number of cyclic esters (lactones) is 1. The molecule has 2 amide bonds. The molecule has 1 aliphatic heterocycles. The van der Waals surface area contributed by atoms with Crippen molar-refractivity contribution in [2.45, 2.75) is 19.4 Å². The van der Waals surface area contributed by atoms with Gasteiger partial charge in [-0.3, -0.25) is 9.69 Å². The lowest BCUT2D eigenvalue weighted by Crippen LogP contribution is -2.42. The van der Waals surface area contributed by atoms with Crippen LogP contribution in [-0.4, -0.2) is 42.9 Å². The minimum absolute atomic E-state index is 0.125. The monoisotopic (exact) mass is 342 g/mol. The molecule has 2 N–H and O–H groups in total. The molecule has 2 aliphatic carbocycles. The van der Waals surface area contributed by atoms with Gasteiger partial charge in [-0.2, -0.15) is 0 Å². The molecule has 1 saturated carbocycles. The van der Waals surface area contributed by atoms with Gasteiger partial charge in [-0.25, -0.2) is 4.79 Å². The molecular weight excluding hydrogens is 320 g/mol. The Kier molecular flexibility index (Phi) is 4.00. The molecular formula is C19H22N2O4. The number of rotatable bonds is 5. The van der Waals surface area contributed by atoms with Gasteiger partial charge in [-0.1, -0.05) is 18.2 Å². The zero-order valence-electron chi connectivity index (χ0n) is 14.1. The number of ether oxygens (including phenoxy) is 1. The Hall–Kier alpha value is -2.34. The Labute approximate surface area is 146 Å². The van der Waals surface area contributed by atoms with Crippen molar-refractivity contribution in [2.75, 3.05) is 24.7 Å². The third-order valence-corrected chi connectivity index (χ3v) is 5.54. The summed E-state index contributed by atoms with van der Waals surface area (Å²) in [5, 5.41) is 12.1. The van der Waals surface area contributed by atoms with Gasteiger partial charge in [0.15, 0.2) is 0 Å². The van der Waals surface area contributed by atoms with E-state index in [1.165, 1.54) is 12.5 Å². The number of nitrogens with one attached hydrogen (secondary N) is 1. The van der Waals surface area contributed by atoms with Crippen molar-refractivity contribution < 1.29 is 19.4 Å². The zero-order valence-corrected chi connectivity index (χ0v) is 14.1. The molecule has 3 aliphatic rings. The molecule has 6 nitrogen and oxygen atoms in total. The zero-order chi connectivity index (χ0) is 17.6. The van der Waals surface area contributed by atoms with Crippen LogP contribution in [0.3, 0.4) is 0 Å². The highest BCUT2D eigenvalue weighted by atomic mass is 16.6. The van der Waals surface area contributed by atoms with Crippen LogP contribution >= 0.6 is 0 Å². The van der Waals surface area contributed by atoms with Crippen molar-refractivity contribution in [3.8, 4) is 0 Å². The highest BCUT2D eigenvalue weighted by Crippen LogP contribution is 2.60. The number of aliphatic hydroxyl groups is 1. The molecule has 2 fully saturated rings. The molecule has 132 valence electrons. The number of benzene rings is 1. The Bertz CT molecular complexity index is 727. The molecule has 0 bridgehead atoms. The van der Waals surface area contributed by atoms with E-state index in [4.69, 9.17) is 4.74 Å². The first-order valence-corrected chi connectivity index (χ1v) is 8.72. The largest absolute Gasteiger partial charge is 0.447 e. The summed E-state index contributed by atoms with van der Waals surface area (Å²) < 4.78 is 5.14. The van der Waals surface area contributed by atoms with Crippen LogP contribution in [0.4, 0.5) is 10.5 Å². The fraction of sp³-hybridized carbons (Fsp3) is 0.474. The summed E-state index contributed by atoms with van der Waals surface area (Å²) in [7, 11) is 0. The molecule has 1 saturated heterocycles. The van der Waals surface area contributed by atoms with Crippen LogP contribution in [0.2, 0.25) is 0 Å². The van der Waals surface area contributed by atoms with E-state index in [2.05, 4.69) is 11.4 Å². The maximum atomic E-state index is 12.1. The Balaban J connectivity index is 1.49. The topological polar surface area (TPSA) is 78.9 Å². The fourth-order valence-electron chi connectivity index (χ4n) is 4.19. The van der Waals surface area contributed by atoms with Crippen molar-refractivity contribution in [1.82, 2.24) is 5.32 Å². The van der Waals surface area contributed by atoms with Crippen LogP contribution in [0, 0.1) is 17.8 Å². The Morgan fingerprint density at radius 3 is 2.76 bits per heavy atom. The smallest absolute Gasteiger partial charge is 0.414 e. The van der Waals surface area contributed by atoms with Gasteiger partial charge in [-0.15, -0.1) is 0 Å². The van der Waals surface area contributed by atoms with Gasteiger partial charge in [-0.05, 0) is 47.4 Å². The maximum absolute atomic E-state index is 12.1. The summed E-state index contributed by atoms with van der Waals surface area (Å²) in [6.07, 6.45) is 2.93. The first kappa shape index (κ1) is 16.1. The Morgan fingerprint density at radius 2 is 2.12 bits per heavy atom. The van der Waals surface area contributed by atoms with E-state index in [-0.39, 0.29) is 31.3 Å². The molecule has 1 heterocycles. The molecule has 1 unspecified atom stereocenters. The lowest BCUT2D eigenvalue weighted by Gasteiger charge is -2.22. The number of anilines is 1. The average Bonchev–Trinajstić information content (AvgIpc) is 2.93. The second-order valence-corrected chi connectivity index (χ2v) is 7.02. The predicted molar refractivity (Wildman–Crippen MR) is 92.9 cm³/mol. The maximum Gasteiger partial charge on any atom is 0.414 e. The molecule has 1 aromatic carbocycles. The van der Waals surface area contributed by atoms with Crippen molar-refractivity contribution in [1.29, 1.82) is 0 Å². The summed E-state index contributed by atoms with van der Waals surface area (Å²) in [5.41, 5.74) is 3.24. The van der Waals surface area contributed by atoms with Crippen molar-refractivity contribution in [3.05, 3.63) is 35.9 Å². The quantitative estimate of drug-likeness (QED) is 0.855. The number of nitrogens with zero attached hydrogens (tertiary/aromatic N) is 1. The summed E-state index contributed by atoms with van der Waals surface area (Å²) in [6.45, 7) is 2.36. The van der Waals surface area contributed by atoms with E-state index in [1.807, 2.05) is 24.3 Å². The van der Waals surface area contributed by atoms with Gasteiger partial charge in [0, 0.05) is 25.8 Å². The predicted octanol–water partition coefficient (Wildman–Crippen LogP) is 1.79. The molecule has 0 radical (unpaired) electrons. The van der Waals surface area contributed by atoms with Gasteiger partial charge < -0.3 is 15.2 Å². The third kappa shape index (κ3) is 2.80. The summed E-state index contributed by atoms with van der Waals surface area (Å²) in [4.78, 5) is 24.8. The van der Waals surface area contributed by atoms with E-state index in [0.717, 1.165) is 17.7 Å². The minimum atomic E-state index is -0.384. The van der Waals surface area contributed by atoms with E-state index in [9.17, 15) is 14.7 Å². The van der Waals surface area contributed by atoms with Gasteiger partial charge in [0.25, 0.3) is 0 Å². The second-order valence-electron chi connectivity index (χ2n) is 7.02. The van der Waals surface area contributed by atoms with Crippen LogP contribution in [0.1, 0.15) is 18.9 Å². The summed E-state index contributed by atoms with van der Waals surface area (Å²) >= 11 is 0. The average molecular weight is 342 g/mol. The van der Waals surface area contributed by atoms with Crippen LogP contribution in [0.5, 0.6) is 0 Å². The highest BCUT2D eigenvalue weighted by molar-refractivity contribution is 5.91. The van der Waals surface area contributed by atoms with Crippen LogP contribution < -0.4 is 10.2 Å². The molecule has 25 heavy (non-hydrogen) atoms. The van der Waals surface area contributed by atoms with Crippen molar-refractivity contribution >= 4 is 23.3 Å². The first-order chi connectivity index (χ1) is 12.1. The number of carbonyl (C=O) groups excluding carboxylic acids is 2. The number of hydrogen-bond acceptors (Lipinski definition) is 4. The van der Waals surface area contributed by atoms with E-state index in [1.54, 1.807) is 4.90 Å². The lowest BCUT2D eigenvalue weighted by atomic mass is 10.0. The van der Waals surface area contributed by atoms with Crippen LogP contribution in [0.25, 0.3) is 5.57 Å². The van der Waals surface area contributed by atoms with Crippen LogP contribution in [0.15, 0.2) is 30.3 Å². The van der Waals surface area contributed by atoms with Crippen LogP contribution in [-0.2, 0) is 9.53 Å². The normalized spacial score (nSPS) is 29.9.